The summed E-state index contributed by atoms with van der Waals surface area (Å²) in [5.74, 6) is 0.518. The smallest absolute Gasteiger partial charge is 0.339 e. The van der Waals surface area contributed by atoms with Gasteiger partial charge in [0.1, 0.15) is 11.5 Å². The molecule has 0 bridgehead atoms. The van der Waals surface area contributed by atoms with Crippen LogP contribution in [0.5, 0.6) is 5.75 Å². The summed E-state index contributed by atoms with van der Waals surface area (Å²) in [7, 11) is 0. The molecule has 0 aliphatic carbocycles. The minimum absolute atomic E-state index is 0.0548. The summed E-state index contributed by atoms with van der Waals surface area (Å²) in [6.45, 7) is 2.02. The second kappa shape index (κ2) is 5.93. The molecule has 0 saturated heterocycles. The van der Waals surface area contributed by atoms with E-state index in [2.05, 4.69) is 0 Å². The molecule has 1 heterocycles. The second-order valence-corrected chi connectivity index (χ2v) is 4.91. The fourth-order valence-corrected chi connectivity index (χ4v) is 2.16. The monoisotopic (exact) mass is 278 g/mol. The number of benzene rings is 1. The first-order valence-electron chi connectivity index (χ1n) is 6.17. The molecule has 100 valence electrons. The predicted molar refractivity (Wildman–Crippen MR) is 74.8 cm³/mol. The normalized spacial score (nSPS) is 12.3. The van der Waals surface area contributed by atoms with Gasteiger partial charge in [-0.05, 0) is 30.5 Å². The highest BCUT2D eigenvalue weighted by Crippen LogP contribution is 2.26. The van der Waals surface area contributed by atoms with Crippen molar-refractivity contribution >= 4 is 11.6 Å². The molecule has 2 aromatic rings. The van der Waals surface area contributed by atoms with E-state index in [1.807, 2.05) is 31.2 Å². The molecule has 1 N–H and O–H groups in total. The van der Waals surface area contributed by atoms with Gasteiger partial charge in [-0.1, -0.05) is 30.7 Å². The van der Waals surface area contributed by atoms with E-state index in [4.69, 9.17) is 16.0 Å². The molecule has 0 aliphatic rings. The number of hydrogen-bond donors (Lipinski definition) is 1. The Bertz CT molecular complexity index is 602. The maximum Gasteiger partial charge on any atom is 0.339 e. The number of halogens is 1. The van der Waals surface area contributed by atoms with Gasteiger partial charge in [0.25, 0.3) is 0 Å². The van der Waals surface area contributed by atoms with Crippen molar-refractivity contribution in [2.75, 3.05) is 0 Å². The van der Waals surface area contributed by atoms with Crippen LogP contribution in [0.2, 0.25) is 5.02 Å². The molecule has 0 spiro atoms. The van der Waals surface area contributed by atoms with Crippen molar-refractivity contribution < 1.29 is 9.52 Å². The Morgan fingerprint density at radius 1 is 1.26 bits per heavy atom. The van der Waals surface area contributed by atoms with Gasteiger partial charge < -0.3 is 9.52 Å². The maximum absolute atomic E-state index is 11.3. The summed E-state index contributed by atoms with van der Waals surface area (Å²) in [6.07, 6.45) is 1.55. The summed E-state index contributed by atoms with van der Waals surface area (Å²) in [5, 5.41) is 10.2. The first-order valence-corrected chi connectivity index (χ1v) is 6.54. The Hall–Kier alpha value is -1.74. The summed E-state index contributed by atoms with van der Waals surface area (Å²) in [5.41, 5.74) is 0.590. The molecule has 1 atom stereocenters. The molecule has 0 fully saturated rings. The number of aromatic hydroxyl groups is 1. The lowest BCUT2D eigenvalue weighted by molar-refractivity contribution is 0.394. The lowest BCUT2D eigenvalue weighted by Gasteiger charge is -2.13. The molecule has 1 aromatic carbocycles. The molecule has 0 amide bonds. The Labute approximate surface area is 116 Å². The quantitative estimate of drug-likeness (QED) is 0.927. The highest BCUT2D eigenvalue weighted by molar-refractivity contribution is 6.30. The van der Waals surface area contributed by atoms with Gasteiger partial charge in [-0.3, -0.25) is 0 Å². The topological polar surface area (TPSA) is 50.4 Å². The summed E-state index contributed by atoms with van der Waals surface area (Å²) >= 11 is 5.85. The van der Waals surface area contributed by atoms with Gasteiger partial charge in [0, 0.05) is 17.0 Å². The lowest BCUT2D eigenvalue weighted by atomic mass is 9.94. The SMILES string of the molecule is CCC(Cc1ccc(Cl)cc1)c1cc(O)cc(=O)o1. The Kier molecular flexibility index (Phi) is 4.27. The number of hydrogen-bond acceptors (Lipinski definition) is 3. The highest BCUT2D eigenvalue weighted by atomic mass is 35.5. The average Bonchev–Trinajstić information content (AvgIpc) is 2.37. The van der Waals surface area contributed by atoms with Gasteiger partial charge in [-0.15, -0.1) is 0 Å². The van der Waals surface area contributed by atoms with Gasteiger partial charge in [0.2, 0.25) is 0 Å². The van der Waals surface area contributed by atoms with Gasteiger partial charge in [-0.25, -0.2) is 4.79 Å². The van der Waals surface area contributed by atoms with Crippen LogP contribution in [0.3, 0.4) is 0 Å². The molecule has 3 nitrogen and oxygen atoms in total. The van der Waals surface area contributed by atoms with Crippen LogP contribution < -0.4 is 5.63 Å². The molecule has 4 heteroatoms. The Morgan fingerprint density at radius 2 is 1.95 bits per heavy atom. The first kappa shape index (κ1) is 13.7. The summed E-state index contributed by atoms with van der Waals surface area (Å²) in [4.78, 5) is 11.3. The molecule has 1 unspecified atom stereocenters. The maximum atomic E-state index is 11.3. The van der Waals surface area contributed by atoms with Gasteiger partial charge in [0.15, 0.2) is 0 Å². The Balaban J connectivity index is 2.24. The van der Waals surface area contributed by atoms with Crippen LogP contribution in [0.25, 0.3) is 0 Å². The zero-order valence-electron chi connectivity index (χ0n) is 10.6. The van der Waals surface area contributed by atoms with Crippen molar-refractivity contribution in [2.45, 2.75) is 25.7 Å². The summed E-state index contributed by atoms with van der Waals surface area (Å²) in [6, 6.07) is 10.1. The fraction of sp³-hybridized carbons (Fsp3) is 0.267. The van der Waals surface area contributed by atoms with E-state index < -0.39 is 5.63 Å². The molecule has 0 aliphatic heterocycles. The van der Waals surface area contributed by atoms with Crippen molar-refractivity contribution in [3.8, 4) is 5.75 Å². The van der Waals surface area contributed by atoms with Crippen LogP contribution >= 0.6 is 11.6 Å². The largest absolute Gasteiger partial charge is 0.508 e. The zero-order valence-corrected chi connectivity index (χ0v) is 11.4. The molecular weight excluding hydrogens is 264 g/mol. The summed E-state index contributed by atoms with van der Waals surface area (Å²) < 4.78 is 5.17. The van der Waals surface area contributed by atoms with E-state index in [9.17, 15) is 9.90 Å². The second-order valence-electron chi connectivity index (χ2n) is 4.47. The third-order valence-corrected chi connectivity index (χ3v) is 3.32. The number of rotatable bonds is 4. The zero-order chi connectivity index (χ0) is 13.8. The van der Waals surface area contributed by atoms with Crippen LogP contribution in [0.15, 0.2) is 45.6 Å². The van der Waals surface area contributed by atoms with Crippen LogP contribution in [0.1, 0.15) is 30.6 Å². The average molecular weight is 279 g/mol. The highest BCUT2D eigenvalue weighted by Gasteiger charge is 2.14. The van der Waals surface area contributed by atoms with Gasteiger partial charge >= 0.3 is 5.63 Å². The minimum atomic E-state index is -0.524. The molecule has 19 heavy (non-hydrogen) atoms. The third kappa shape index (κ3) is 3.61. The van der Waals surface area contributed by atoms with E-state index in [0.29, 0.717) is 10.8 Å². The van der Waals surface area contributed by atoms with Crippen LogP contribution in [-0.4, -0.2) is 5.11 Å². The van der Waals surface area contributed by atoms with E-state index in [-0.39, 0.29) is 11.7 Å². The van der Waals surface area contributed by atoms with Crippen LogP contribution in [0.4, 0.5) is 0 Å². The van der Waals surface area contributed by atoms with Crippen molar-refractivity contribution in [3.05, 3.63) is 63.2 Å². The molecule has 2 rings (SSSR count). The fourth-order valence-electron chi connectivity index (χ4n) is 2.04. The van der Waals surface area contributed by atoms with E-state index in [0.717, 1.165) is 24.5 Å². The van der Waals surface area contributed by atoms with E-state index in [1.165, 1.54) is 6.07 Å². The van der Waals surface area contributed by atoms with Crippen LogP contribution in [-0.2, 0) is 6.42 Å². The molecule has 0 radical (unpaired) electrons. The molecule has 1 aromatic heterocycles. The van der Waals surface area contributed by atoms with Crippen molar-refractivity contribution in [3.63, 3.8) is 0 Å². The third-order valence-electron chi connectivity index (χ3n) is 3.06. The minimum Gasteiger partial charge on any atom is -0.508 e. The lowest BCUT2D eigenvalue weighted by Crippen LogP contribution is -2.06. The Morgan fingerprint density at radius 3 is 2.53 bits per heavy atom. The van der Waals surface area contributed by atoms with Crippen molar-refractivity contribution in [1.82, 2.24) is 0 Å². The predicted octanol–water partition coefficient (Wildman–Crippen LogP) is 3.74. The van der Waals surface area contributed by atoms with Gasteiger partial charge in [-0.2, -0.15) is 0 Å². The van der Waals surface area contributed by atoms with Crippen LogP contribution in [0, 0.1) is 0 Å². The van der Waals surface area contributed by atoms with E-state index in [1.54, 1.807) is 0 Å². The first-order chi connectivity index (χ1) is 9.08. The van der Waals surface area contributed by atoms with E-state index >= 15 is 0 Å². The van der Waals surface area contributed by atoms with Crippen molar-refractivity contribution in [1.29, 1.82) is 0 Å². The molecular formula is C15H15ClO3. The standard InChI is InChI=1S/C15H15ClO3/c1-2-11(7-10-3-5-12(16)6-4-10)14-8-13(17)9-15(18)19-14/h3-6,8-9,11,17H,2,7H2,1H3. The van der Waals surface area contributed by atoms with Crippen molar-refractivity contribution in [2.24, 2.45) is 0 Å². The molecule has 0 saturated carbocycles. The van der Waals surface area contributed by atoms with Gasteiger partial charge in [0.05, 0.1) is 6.07 Å².